The third-order valence-electron chi connectivity index (χ3n) is 4.43. The van der Waals surface area contributed by atoms with Gasteiger partial charge in [-0.1, -0.05) is 12.8 Å². The molecule has 2 amide bonds. The van der Waals surface area contributed by atoms with Crippen molar-refractivity contribution in [2.24, 2.45) is 5.92 Å². The highest BCUT2D eigenvalue weighted by molar-refractivity contribution is 5.87. The van der Waals surface area contributed by atoms with Crippen LogP contribution in [-0.2, 0) is 9.59 Å². The minimum absolute atomic E-state index is 0. The lowest BCUT2D eigenvalue weighted by Gasteiger charge is -2.25. The molecule has 3 atom stereocenters. The summed E-state index contributed by atoms with van der Waals surface area (Å²) < 4.78 is 0. The normalized spacial score (nSPS) is 27.5. The van der Waals surface area contributed by atoms with Gasteiger partial charge in [-0.15, -0.1) is 12.4 Å². The molecular weight excluding hydrogens is 302 g/mol. The minimum Gasteiger partial charge on any atom is -0.350 e. The second kappa shape index (κ2) is 7.64. The number of nitrogens with zero attached hydrogens (tertiary/aromatic N) is 1. The van der Waals surface area contributed by atoms with Crippen molar-refractivity contribution >= 4 is 24.2 Å². The summed E-state index contributed by atoms with van der Waals surface area (Å²) in [7, 11) is 1.72. The van der Waals surface area contributed by atoms with Crippen molar-refractivity contribution in [2.75, 3.05) is 13.6 Å². The molecule has 1 saturated heterocycles. The number of carbonyl (C=O) groups excluding carboxylic acids is 2. The topological polar surface area (TPSA) is 61.4 Å². The molecule has 2 N–H and O–H groups in total. The van der Waals surface area contributed by atoms with E-state index in [1.165, 1.54) is 25.7 Å². The fourth-order valence-electron chi connectivity index (χ4n) is 3.53. The zero-order chi connectivity index (χ0) is 15.6. The van der Waals surface area contributed by atoms with E-state index in [0.29, 0.717) is 12.0 Å². The molecule has 1 heterocycles. The lowest BCUT2D eigenvalue weighted by Crippen LogP contribution is -2.50. The van der Waals surface area contributed by atoms with Crippen LogP contribution in [0.3, 0.4) is 0 Å². The van der Waals surface area contributed by atoms with Crippen LogP contribution in [0.25, 0.3) is 0 Å². The molecule has 5 nitrogen and oxygen atoms in total. The zero-order valence-corrected chi connectivity index (χ0v) is 15.0. The number of likely N-dealkylation sites (N-methyl/N-ethyl adjacent to an activating group) is 1. The van der Waals surface area contributed by atoms with Gasteiger partial charge in [-0.3, -0.25) is 9.59 Å². The van der Waals surface area contributed by atoms with Crippen LogP contribution in [0.1, 0.15) is 52.9 Å². The van der Waals surface area contributed by atoms with E-state index in [0.717, 1.165) is 6.42 Å². The van der Waals surface area contributed by atoms with Crippen LogP contribution in [0.2, 0.25) is 0 Å². The molecule has 1 saturated carbocycles. The molecule has 2 rings (SSSR count). The Bertz CT molecular complexity index is 395. The Morgan fingerprint density at radius 1 is 1.23 bits per heavy atom. The lowest BCUT2D eigenvalue weighted by molar-refractivity contribution is -0.136. The van der Waals surface area contributed by atoms with Gasteiger partial charge in [0.15, 0.2) is 0 Å². The third kappa shape index (κ3) is 5.13. The molecule has 0 spiro atoms. The van der Waals surface area contributed by atoms with E-state index >= 15 is 0 Å². The summed E-state index contributed by atoms with van der Waals surface area (Å²) in [5.41, 5.74) is -0.262. The number of hydrogen-bond donors (Lipinski definition) is 2. The second-order valence-electron chi connectivity index (χ2n) is 7.60. The Morgan fingerprint density at radius 3 is 2.45 bits per heavy atom. The first kappa shape index (κ1) is 19.2. The highest BCUT2D eigenvalue weighted by Crippen LogP contribution is 2.33. The first-order valence-electron chi connectivity index (χ1n) is 8.08. The van der Waals surface area contributed by atoms with Gasteiger partial charge in [0.05, 0.1) is 12.6 Å². The van der Waals surface area contributed by atoms with E-state index in [1.54, 1.807) is 11.9 Å². The smallest absolute Gasteiger partial charge is 0.240 e. The van der Waals surface area contributed by atoms with Gasteiger partial charge < -0.3 is 15.5 Å². The molecule has 22 heavy (non-hydrogen) atoms. The van der Waals surface area contributed by atoms with Crippen molar-refractivity contribution in [3.05, 3.63) is 0 Å². The molecule has 128 valence electrons. The molecule has 1 aliphatic heterocycles. The summed E-state index contributed by atoms with van der Waals surface area (Å²) >= 11 is 0. The monoisotopic (exact) mass is 331 g/mol. The van der Waals surface area contributed by atoms with Gasteiger partial charge >= 0.3 is 0 Å². The van der Waals surface area contributed by atoms with E-state index < -0.39 is 0 Å². The fraction of sp³-hybridized carbons (Fsp3) is 0.875. The molecule has 0 bridgehead atoms. The van der Waals surface area contributed by atoms with Crippen LogP contribution in [0, 0.1) is 5.92 Å². The van der Waals surface area contributed by atoms with Crippen molar-refractivity contribution in [1.29, 1.82) is 0 Å². The second-order valence-corrected chi connectivity index (χ2v) is 7.60. The zero-order valence-electron chi connectivity index (χ0n) is 14.1. The predicted molar refractivity (Wildman–Crippen MR) is 90.1 cm³/mol. The standard InChI is InChI=1S/C16H29N3O2.ClH/c1-16(2,3)18-14(20)10-19(4)15(21)13-9-11-7-5-6-8-12(11)17-13;/h11-13,17H,5-10H2,1-4H3,(H,18,20);1H. The molecule has 0 aromatic heterocycles. The van der Waals surface area contributed by atoms with Gasteiger partial charge in [-0.25, -0.2) is 0 Å². The predicted octanol–water partition coefficient (Wildman–Crippen LogP) is 1.70. The van der Waals surface area contributed by atoms with Gasteiger partial charge in [-0.2, -0.15) is 0 Å². The van der Waals surface area contributed by atoms with Gasteiger partial charge in [0.1, 0.15) is 0 Å². The minimum atomic E-state index is -0.262. The Kier molecular flexibility index (Phi) is 6.68. The van der Waals surface area contributed by atoms with Gasteiger partial charge in [0.25, 0.3) is 0 Å². The number of amides is 2. The van der Waals surface area contributed by atoms with Crippen LogP contribution in [0.4, 0.5) is 0 Å². The molecule has 0 aromatic carbocycles. The summed E-state index contributed by atoms with van der Waals surface area (Å²) in [6.07, 6.45) is 5.89. The number of nitrogens with one attached hydrogen (secondary N) is 2. The van der Waals surface area contributed by atoms with Gasteiger partial charge in [-0.05, 0) is 46.0 Å². The van der Waals surface area contributed by atoms with Crippen LogP contribution >= 0.6 is 12.4 Å². The quantitative estimate of drug-likeness (QED) is 0.827. The summed E-state index contributed by atoms with van der Waals surface area (Å²) in [5.74, 6) is 0.590. The number of fused-ring (bicyclic) bond motifs is 1. The number of carbonyl (C=O) groups is 2. The Balaban J connectivity index is 0.00000242. The van der Waals surface area contributed by atoms with Crippen LogP contribution in [0.15, 0.2) is 0 Å². The average molecular weight is 332 g/mol. The molecule has 0 radical (unpaired) electrons. The Labute approximate surface area is 140 Å². The third-order valence-corrected chi connectivity index (χ3v) is 4.43. The van der Waals surface area contributed by atoms with Crippen molar-refractivity contribution in [3.63, 3.8) is 0 Å². The molecule has 3 unspecified atom stereocenters. The lowest BCUT2D eigenvalue weighted by atomic mass is 9.85. The van der Waals surface area contributed by atoms with Crippen LogP contribution in [0.5, 0.6) is 0 Å². The van der Waals surface area contributed by atoms with E-state index in [1.807, 2.05) is 20.8 Å². The van der Waals surface area contributed by atoms with E-state index in [4.69, 9.17) is 0 Å². The summed E-state index contributed by atoms with van der Waals surface area (Å²) in [4.78, 5) is 25.9. The van der Waals surface area contributed by atoms with Crippen molar-refractivity contribution in [2.45, 2.75) is 70.5 Å². The average Bonchev–Trinajstić information content (AvgIpc) is 2.78. The Hall–Kier alpha value is -0.810. The largest absolute Gasteiger partial charge is 0.350 e. The molecule has 1 aliphatic carbocycles. The summed E-state index contributed by atoms with van der Waals surface area (Å²) in [6.45, 7) is 5.95. The SMILES string of the molecule is CN(CC(=O)NC(C)(C)C)C(=O)C1CC2CCCCC2N1.Cl. The fourth-order valence-corrected chi connectivity index (χ4v) is 3.53. The van der Waals surface area contributed by atoms with Crippen molar-refractivity contribution in [1.82, 2.24) is 15.5 Å². The van der Waals surface area contributed by atoms with Crippen molar-refractivity contribution < 1.29 is 9.59 Å². The van der Waals surface area contributed by atoms with Crippen molar-refractivity contribution in [3.8, 4) is 0 Å². The first-order valence-corrected chi connectivity index (χ1v) is 8.08. The maximum absolute atomic E-state index is 12.5. The highest BCUT2D eigenvalue weighted by Gasteiger charge is 2.39. The van der Waals surface area contributed by atoms with Crippen LogP contribution in [-0.4, -0.2) is 47.9 Å². The van der Waals surface area contributed by atoms with Gasteiger partial charge in [0.2, 0.25) is 11.8 Å². The number of rotatable bonds is 3. The number of halogens is 1. The highest BCUT2D eigenvalue weighted by atomic mass is 35.5. The number of hydrogen-bond acceptors (Lipinski definition) is 3. The molecular formula is C16H30ClN3O2. The first-order chi connectivity index (χ1) is 9.76. The Morgan fingerprint density at radius 2 is 1.86 bits per heavy atom. The maximum Gasteiger partial charge on any atom is 0.240 e. The molecule has 0 aromatic rings. The maximum atomic E-state index is 12.5. The van der Waals surface area contributed by atoms with E-state index in [2.05, 4.69) is 10.6 Å². The molecule has 6 heteroatoms. The molecule has 2 aliphatic rings. The summed E-state index contributed by atoms with van der Waals surface area (Å²) in [6, 6.07) is 0.398. The van der Waals surface area contributed by atoms with Gasteiger partial charge in [0, 0.05) is 18.6 Å². The van der Waals surface area contributed by atoms with E-state index in [-0.39, 0.29) is 42.3 Å². The summed E-state index contributed by atoms with van der Waals surface area (Å²) in [5, 5.41) is 6.36. The van der Waals surface area contributed by atoms with Crippen LogP contribution < -0.4 is 10.6 Å². The van der Waals surface area contributed by atoms with E-state index in [9.17, 15) is 9.59 Å². The molecule has 2 fully saturated rings.